The first-order chi connectivity index (χ1) is 12.6. The first kappa shape index (κ1) is 15.8. The Morgan fingerprint density at radius 1 is 0.808 bits per heavy atom. The molecule has 1 aliphatic heterocycles. The van der Waals surface area contributed by atoms with Crippen LogP contribution in [0, 0.1) is 0 Å². The van der Waals surface area contributed by atoms with Crippen LogP contribution >= 0.6 is 0 Å². The molecule has 2 heterocycles. The zero-order chi connectivity index (χ0) is 18.1. The van der Waals surface area contributed by atoms with E-state index >= 15 is 0 Å². The summed E-state index contributed by atoms with van der Waals surface area (Å²) in [4.78, 5) is 37.0. The van der Waals surface area contributed by atoms with Gasteiger partial charge in [0.15, 0.2) is 0 Å². The van der Waals surface area contributed by atoms with E-state index in [-0.39, 0.29) is 0 Å². The maximum absolute atomic E-state index is 12.4. The van der Waals surface area contributed by atoms with Gasteiger partial charge in [-0.1, -0.05) is 24.3 Å². The summed E-state index contributed by atoms with van der Waals surface area (Å²) in [6, 6.07) is 17.4. The Bertz CT molecular complexity index is 956. The Labute approximate surface area is 149 Å². The molecule has 1 aromatic heterocycles. The smallest absolute Gasteiger partial charge is 0.280 e. The minimum atomic E-state index is -0.525. The van der Waals surface area contributed by atoms with Crippen LogP contribution in [0.25, 0.3) is 0 Å². The van der Waals surface area contributed by atoms with Crippen LogP contribution in [0.5, 0.6) is 0 Å². The van der Waals surface area contributed by atoms with Crippen LogP contribution in [0.4, 0.5) is 0 Å². The van der Waals surface area contributed by atoms with Crippen molar-refractivity contribution in [2.45, 2.75) is 6.54 Å². The van der Waals surface area contributed by atoms with Crippen molar-refractivity contribution in [3.8, 4) is 0 Å². The summed E-state index contributed by atoms with van der Waals surface area (Å²) in [7, 11) is 0. The van der Waals surface area contributed by atoms with Crippen LogP contribution < -0.4 is 5.43 Å². The van der Waals surface area contributed by atoms with Gasteiger partial charge in [-0.05, 0) is 42.0 Å². The van der Waals surface area contributed by atoms with Gasteiger partial charge in [0.05, 0.1) is 11.1 Å². The van der Waals surface area contributed by atoms with E-state index in [9.17, 15) is 14.4 Å². The highest BCUT2D eigenvalue weighted by atomic mass is 16.2. The molecule has 0 saturated carbocycles. The number of amides is 3. The van der Waals surface area contributed by atoms with Gasteiger partial charge in [-0.25, -0.2) is 0 Å². The second-order valence-electron chi connectivity index (χ2n) is 5.98. The second-order valence-corrected chi connectivity index (χ2v) is 5.98. The summed E-state index contributed by atoms with van der Waals surface area (Å²) in [5.74, 6) is -1.56. The zero-order valence-electron chi connectivity index (χ0n) is 13.8. The summed E-state index contributed by atoms with van der Waals surface area (Å²) in [6.07, 6.45) is 3.92. The highest BCUT2D eigenvalue weighted by molar-refractivity contribution is 6.22. The van der Waals surface area contributed by atoms with Gasteiger partial charge >= 0.3 is 0 Å². The monoisotopic (exact) mass is 345 g/mol. The standard InChI is InChI=1S/C20H15N3O3/c24-18(15-9-7-14(8-10-15)13-22-11-3-4-12-22)21-23-19(25)16-5-1-2-6-17(16)20(23)26/h1-12H,13H2,(H,21,24). The Kier molecular flexibility index (Phi) is 3.85. The number of imide groups is 1. The van der Waals surface area contributed by atoms with Crippen molar-refractivity contribution in [3.05, 3.63) is 95.3 Å². The Balaban J connectivity index is 1.47. The molecule has 3 aromatic rings. The number of aromatic nitrogens is 1. The van der Waals surface area contributed by atoms with Crippen molar-refractivity contribution in [2.75, 3.05) is 0 Å². The summed E-state index contributed by atoms with van der Waals surface area (Å²) in [5.41, 5.74) is 4.39. The molecule has 1 aliphatic rings. The Morgan fingerprint density at radius 2 is 1.38 bits per heavy atom. The molecule has 3 amide bonds. The summed E-state index contributed by atoms with van der Waals surface area (Å²) < 4.78 is 2.02. The molecule has 6 heteroatoms. The van der Waals surface area contributed by atoms with Gasteiger partial charge in [-0.3, -0.25) is 19.8 Å². The van der Waals surface area contributed by atoms with Gasteiger partial charge in [0.25, 0.3) is 17.7 Å². The van der Waals surface area contributed by atoms with Crippen LogP contribution in [0.1, 0.15) is 36.6 Å². The maximum atomic E-state index is 12.4. The van der Waals surface area contributed by atoms with Gasteiger partial charge in [-0.2, -0.15) is 5.01 Å². The van der Waals surface area contributed by atoms with Crippen molar-refractivity contribution in [3.63, 3.8) is 0 Å². The number of nitrogens with zero attached hydrogens (tertiary/aromatic N) is 2. The van der Waals surface area contributed by atoms with Crippen molar-refractivity contribution in [2.24, 2.45) is 0 Å². The number of rotatable bonds is 4. The molecule has 0 saturated heterocycles. The number of carbonyl (C=O) groups is 3. The van der Waals surface area contributed by atoms with E-state index in [1.54, 1.807) is 36.4 Å². The number of hydrogen-bond acceptors (Lipinski definition) is 3. The van der Waals surface area contributed by atoms with E-state index in [2.05, 4.69) is 5.43 Å². The molecule has 0 radical (unpaired) electrons. The van der Waals surface area contributed by atoms with Gasteiger partial charge in [0.2, 0.25) is 0 Å². The lowest BCUT2D eigenvalue weighted by atomic mass is 10.1. The van der Waals surface area contributed by atoms with Crippen molar-refractivity contribution >= 4 is 17.7 Å². The summed E-state index contributed by atoms with van der Waals surface area (Å²) in [5, 5.41) is 0.765. The number of nitrogens with one attached hydrogen (secondary N) is 1. The lowest BCUT2D eigenvalue weighted by molar-refractivity contribution is 0.0518. The van der Waals surface area contributed by atoms with Crippen LogP contribution in [0.3, 0.4) is 0 Å². The molecular weight excluding hydrogens is 330 g/mol. The molecule has 6 nitrogen and oxygen atoms in total. The fraction of sp³-hybridized carbons (Fsp3) is 0.0500. The molecule has 0 atom stereocenters. The van der Waals surface area contributed by atoms with Crippen LogP contribution in [0.2, 0.25) is 0 Å². The normalized spacial score (nSPS) is 13.0. The zero-order valence-corrected chi connectivity index (χ0v) is 13.8. The minimum Gasteiger partial charge on any atom is -0.350 e. The molecule has 0 bridgehead atoms. The third kappa shape index (κ3) is 2.77. The molecule has 0 fully saturated rings. The number of hydrogen-bond donors (Lipinski definition) is 1. The molecule has 128 valence electrons. The summed E-state index contributed by atoms with van der Waals surface area (Å²) in [6.45, 7) is 0.702. The van der Waals surface area contributed by atoms with E-state index in [1.165, 1.54) is 0 Å². The van der Waals surface area contributed by atoms with E-state index in [0.717, 1.165) is 10.6 Å². The highest BCUT2D eigenvalue weighted by Gasteiger charge is 2.36. The molecule has 2 aromatic carbocycles. The van der Waals surface area contributed by atoms with Crippen molar-refractivity contribution in [1.29, 1.82) is 0 Å². The first-order valence-electron chi connectivity index (χ1n) is 8.12. The van der Waals surface area contributed by atoms with Crippen molar-refractivity contribution < 1.29 is 14.4 Å². The maximum Gasteiger partial charge on any atom is 0.280 e. The Morgan fingerprint density at radius 3 is 1.96 bits per heavy atom. The van der Waals surface area contributed by atoms with Crippen LogP contribution in [-0.2, 0) is 6.54 Å². The lowest BCUT2D eigenvalue weighted by Crippen LogP contribution is -2.45. The highest BCUT2D eigenvalue weighted by Crippen LogP contribution is 2.21. The first-order valence-corrected chi connectivity index (χ1v) is 8.12. The predicted molar refractivity (Wildman–Crippen MR) is 94.4 cm³/mol. The van der Waals surface area contributed by atoms with E-state index in [1.807, 2.05) is 41.2 Å². The Hall–Kier alpha value is -3.67. The third-order valence-electron chi connectivity index (χ3n) is 4.25. The molecule has 1 N–H and O–H groups in total. The number of fused-ring (bicyclic) bond motifs is 1. The fourth-order valence-electron chi connectivity index (χ4n) is 2.90. The molecular formula is C20H15N3O3. The average Bonchev–Trinajstić information content (AvgIpc) is 3.25. The fourth-order valence-corrected chi connectivity index (χ4v) is 2.90. The molecule has 26 heavy (non-hydrogen) atoms. The number of benzene rings is 2. The van der Waals surface area contributed by atoms with Crippen LogP contribution in [0.15, 0.2) is 73.1 Å². The van der Waals surface area contributed by atoms with E-state index in [0.29, 0.717) is 23.2 Å². The van der Waals surface area contributed by atoms with E-state index in [4.69, 9.17) is 0 Å². The number of hydrazine groups is 1. The largest absolute Gasteiger partial charge is 0.350 e. The van der Waals surface area contributed by atoms with Crippen LogP contribution in [-0.4, -0.2) is 27.3 Å². The lowest BCUT2D eigenvalue weighted by Gasteiger charge is -2.15. The molecule has 0 unspecified atom stereocenters. The second kappa shape index (κ2) is 6.33. The topological polar surface area (TPSA) is 71.4 Å². The van der Waals surface area contributed by atoms with Gasteiger partial charge in [0.1, 0.15) is 0 Å². The van der Waals surface area contributed by atoms with Crippen molar-refractivity contribution in [1.82, 2.24) is 15.0 Å². The average molecular weight is 345 g/mol. The summed E-state index contributed by atoms with van der Waals surface area (Å²) >= 11 is 0. The molecule has 4 rings (SSSR count). The SMILES string of the molecule is O=C(NN1C(=O)c2ccccc2C1=O)c1ccc(Cn2cccc2)cc1. The van der Waals surface area contributed by atoms with Gasteiger partial charge < -0.3 is 4.57 Å². The minimum absolute atomic E-state index is 0.292. The number of carbonyl (C=O) groups excluding carboxylic acids is 3. The predicted octanol–water partition coefficient (Wildman–Crippen LogP) is 2.48. The third-order valence-corrected chi connectivity index (χ3v) is 4.25. The molecule has 0 spiro atoms. The van der Waals surface area contributed by atoms with Gasteiger partial charge in [0, 0.05) is 24.5 Å². The molecule has 0 aliphatic carbocycles. The quantitative estimate of drug-likeness (QED) is 0.739. The van der Waals surface area contributed by atoms with Gasteiger partial charge in [-0.15, -0.1) is 0 Å². The van der Waals surface area contributed by atoms with E-state index < -0.39 is 17.7 Å².